The maximum absolute atomic E-state index is 5.84. The maximum atomic E-state index is 5.84. The van der Waals surface area contributed by atoms with Gasteiger partial charge in [-0.3, -0.25) is 0 Å². The van der Waals surface area contributed by atoms with Crippen molar-refractivity contribution in [1.82, 2.24) is 4.90 Å². The van der Waals surface area contributed by atoms with E-state index in [2.05, 4.69) is 46.6 Å². The summed E-state index contributed by atoms with van der Waals surface area (Å²) in [5.74, 6) is 0.629. The molecule has 0 aliphatic rings. The van der Waals surface area contributed by atoms with Gasteiger partial charge in [0.25, 0.3) is 0 Å². The summed E-state index contributed by atoms with van der Waals surface area (Å²) in [4.78, 5) is 2.43. The number of nitrogens with zero attached hydrogens (tertiary/aromatic N) is 1. The molecule has 0 aromatic heterocycles. The van der Waals surface area contributed by atoms with Gasteiger partial charge in [-0.2, -0.15) is 0 Å². The molecule has 2 N–H and O–H groups in total. The lowest BCUT2D eigenvalue weighted by atomic mass is 9.84. The van der Waals surface area contributed by atoms with Crippen molar-refractivity contribution in [2.75, 3.05) is 20.1 Å². The summed E-state index contributed by atoms with van der Waals surface area (Å²) in [5.41, 5.74) is 6.23. The van der Waals surface area contributed by atoms with E-state index in [-0.39, 0.29) is 0 Å². The predicted molar refractivity (Wildman–Crippen MR) is 69.0 cm³/mol. The zero-order valence-corrected chi connectivity index (χ0v) is 11.5. The van der Waals surface area contributed by atoms with Crippen LogP contribution in [0.3, 0.4) is 0 Å². The summed E-state index contributed by atoms with van der Waals surface area (Å²) < 4.78 is 0. The van der Waals surface area contributed by atoms with Crippen LogP contribution >= 0.6 is 0 Å². The normalized spacial score (nSPS) is 16.8. The first-order valence-corrected chi connectivity index (χ1v) is 6.20. The lowest BCUT2D eigenvalue weighted by Gasteiger charge is -2.31. The van der Waals surface area contributed by atoms with Crippen molar-refractivity contribution in [3.63, 3.8) is 0 Å². The standard InChI is InChI=1S/C13H30N2/c1-7-11(2)15(6)10-12(9-14)8-13(3,4)5/h11-12H,7-10,14H2,1-6H3. The molecule has 2 heteroatoms. The molecule has 0 aromatic rings. The van der Waals surface area contributed by atoms with Crippen molar-refractivity contribution < 1.29 is 0 Å². The molecular weight excluding hydrogens is 184 g/mol. The van der Waals surface area contributed by atoms with Gasteiger partial charge in [-0.1, -0.05) is 27.7 Å². The summed E-state index contributed by atoms with van der Waals surface area (Å²) in [6.45, 7) is 13.3. The average molecular weight is 214 g/mol. The van der Waals surface area contributed by atoms with Crippen molar-refractivity contribution in [3.05, 3.63) is 0 Å². The van der Waals surface area contributed by atoms with Crippen LogP contribution in [0.2, 0.25) is 0 Å². The highest BCUT2D eigenvalue weighted by Gasteiger charge is 2.20. The quantitative estimate of drug-likeness (QED) is 0.736. The molecule has 0 rings (SSSR count). The summed E-state index contributed by atoms with van der Waals surface area (Å²) in [6, 6.07) is 0.666. The molecule has 0 aromatic carbocycles. The van der Waals surface area contributed by atoms with Crippen molar-refractivity contribution >= 4 is 0 Å². The molecule has 0 amide bonds. The Bertz CT molecular complexity index is 160. The van der Waals surface area contributed by atoms with Crippen molar-refractivity contribution in [2.24, 2.45) is 17.1 Å². The van der Waals surface area contributed by atoms with Gasteiger partial charge in [-0.05, 0) is 44.7 Å². The van der Waals surface area contributed by atoms with Gasteiger partial charge in [0.15, 0.2) is 0 Å². The van der Waals surface area contributed by atoms with E-state index in [4.69, 9.17) is 5.73 Å². The third-order valence-corrected chi connectivity index (χ3v) is 3.12. The number of hydrogen-bond donors (Lipinski definition) is 1. The molecule has 0 heterocycles. The first-order chi connectivity index (χ1) is 6.80. The Morgan fingerprint density at radius 3 is 2.13 bits per heavy atom. The average Bonchev–Trinajstić information content (AvgIpc) is 2.13. The fraction of sp³-hybridized carbons (Fsp3) is 1.00. The largest absolute Gasteiger partial charge is 0.330 e. The van der Waals surface area contributed by atoms with Gasteiger partial charge in [0.1, 0.15) is 0 Å². The van der Waals surface area contributed by atoms with Crippen molar-refractivity contribution in [1.29, 1.82) is 0 Å². The van der Waals surface area contributed by atoms with E-state index in [0.717, 1.165) is 13.1 Å². The molecule has 2 atom stereocenters. The molecule has 0 saturated heterocycles. The molecule has 0 bridgehead atoms. The number of rotatable bonds is 6. The first kappa shape index (κ1) is 14.9. The molecule has 92 valence electrons. The third kappa shape index (κ3) is 6.91. The van der Waals surface area contributed by atoms with E-state index < -0.39 is 0 Å². The molecule has 0 saturated carbocycles. The molecule has 0 radical (unpaired) electrons. The van der Waals surface area contributed by atoms with Gasteiger partial charge < -0.3 is 10.6 Å². The van der Waals surface area contributed by atoms with Crippen LogP contribution in [0.4, 0.5) is 0 Å². The summed E-state index contributed by atoms with van der Waals surface area (Å²) in [5, 5.41) is 0. The van der Waals surface area contributed by atoms with E-state index in [1.807, 2.05) is 0 Å². The van der Waals surface area contributed by atoms with Crippen LogP contribution in [-0.4, -0.2) is 31.1 Å². The van der Waals surface area contributed by atoms with Crippen molar-refractivity contribution in [3.8, 4) is 0 Å². The lowest BCUT2D eigenvalue weighted by Crippen LogP contribution is -2.37. The highest BCUT2D eigenvalue weighted by Crippen LogP contribution is 2.24. The van der Waals surface area contributed by atoms with Gasteiger partial charge in [0.2, 0.25) is 0 Å². The predicted octanol–water partition coefficient (Wildman–Crippen LogP) is 2.73. The Labute approximate surface area is 96.2 Å². The Morgan fingerprint density at radius 1 is 1.27 bits per heavy atom. The van der Waals surface area contributed by atoms with Crippen LogP contribution in [0, 0.1) is 11.3 Å². The third-order valence-electron chi connectivity index (χ3n) is 3.12. The van der Waals surface area contributed by atoms with Crippen LogP contribution in [0.5, 0.6) is 0 Å². The minimum absolute atomic E-state index is 0.389. The van der Waals surface area contributed by atoms with Crippen LogP contribution in [-0.2, 0) is 0 Å². The Balaban J connectivity index is 4.09. The Hall–Kier alpha value is -0.0800. The van der Waals surface area contributed by atoms with Gasteiger partial charge in [-0.25, -0.2) is 0 Å². The minimum atomic E-state index is 0.389. The molecule has 0 aliphatic heterocycles. The SMILES string of the molecule is CCC(C)N(C)CC(CN)CC(C)(C)C. The first-order valence-electron chi connectivity index (χ1n) is 6.20. The van der Waals surface area contributed by atoms with E-state index in [0.29, 0.717) is 17.4 Å². The summed E-state index contributed by atoms with van der Waals surface area (Å²) in [6.07, 6.45) is 2.42. The minimum Gasteiger partial charge on any atom is -0.330 e. The second kappa shape index (κ2) is 6.49. The van der Waals surface area contributed by atoms with Crippen LogP contribution in [0.15, 0.2) is 0 Å². The molecule has 15 heavy (non-hydrogen) atoms. The summed E-state index contributed by atoms with van der Waals surface area (Å²) >= 11 is 0. The highest BCUT2D eigenvalue weighted by atomic mass is 15.1. The topological polar surface area (TPSA) is 29.3 Å². The zero-order chi connectivity index (χ0) is 12.1. The van der Waals surface area contributed by atoms with Gasteiger partial charge >= 0.3 is 0 Å². The molecule has 0 fully saturated rings. The van der Waals surface area contributed by atoms with Gasteiger partial charge in [-0.15, -0.1) is 0 Å². The van der Waals surface area contributed by atoms with E-state index in [1.165, 1.54) is 12.8 Å². The van der Waals surface area contributed by atoms with E-state index in [1.54, 1.807) is 0 Å². The number of nitrogens with two attached hydrogens (primary N) is 1. The van der Waals surface area contributed by atoms with Crippen LogP contribution in [0.1, 0.15) is 47.5 Å². The lowest BCUT2D eigenvalue weighted by molar-refractivity contribution is 0.183. The second-order valence-electron chi connectivity index (χ2n) is 6.06. The Kier molecular flexibility index (Phi) is 6.46. The molecule has 2 unspecified atom stereocenters. The van der Waals surface area contributed by atoms with Crippen molar-refractivity contribution in [2.45, 2.75) is 53.5 Å². The highest BCUT2D eigenvalue weighted by molar-refractivity contribution is 4.74. The molecule has 0 spiro atoms. The monoisotopic (exact) mass is 214 g/mol. The second-order valence-corrected chi connectivity index (χ2v) is 6.06. The molecule has 2 nitrogen and oxygen atoms in total. The van der Waals surface area contributed by atoms with Gasteiger partial charge in [0, 0.05) is 12.6 Å². The zero-order valence-electron chi connectivity index (χ0n) is 11.5. The fourth-order valence-electron chi connectivity index (χ4n) is 1.99. The molecular formula is C13H30N2. The smallest absolute Gasteiger partial charge is 0.00613 e. The summed E-state index contributed by atoms with van der Waals surface area (Å²) in [7, 11) is 2.21. The van der Waals surface area contributed by atoms with E-state index >= 15 is 0 Å². The maximum Gasteiger partial charge on any atom is 0.00613 e. The van der Waals surface area contributed by atoms with E-state index in [9.17, 15) is 0 Å². The number of hydrogen-bond acceptors (Lipinski definition) is 2. The fourth-order valence-corrected chi connectivity index (χ4v) is 1.99. The van der Waals surface area contributed by atoms with Crippen LogP contribution < -0.4 is 5.73 Å². The van der Waals surface area contributed by atoms with Crippen LogP contribution in [0.25, 0.3) is 0 Å². The molecule has 0 aliphatic carbocycles. The van der Waals surface area contributed by atoms with Gasteiger partial charge in [0.05, 0.1) is 0 Å². The Morgan fingerprint density at radius 2 is 1.80 bits per heavy atom.